The van der Waals surface area contributed by atoms with E-state index < -0.39 is 0 Å². The van der Waals surface area contributed by atoms with Gasteiger partial charge in [-0.15, -0.1) is 0 Å². The zero-order valence-corrected chi connectivity index (χ0v) is 16.3. The van der Waals surface area contributed by atoms with Gasteiger partial charge in [0.25, 0.3) is 5.89 Å². The number of nitrogens with zero attached hydrogens (tertiary/aromatic N) is 5. The van der Waals surface area contributed by atoms with Gasteiger partial charge in [0.2, 0.25) is 11.7 Å². The summed E-state index contributed by atoms with van der Waals surface area (Å²) in [6.45, 7) is 2.29. The van der Waals surface area contributed by atoms with Crippen molar-refractivity contribution in [3.05, 3.63) is 71.4 Å². The number of benzene rings is 1. The molecule has 3 heterocycles. The van der Waals surface area contributed by atoms with Crippen LogP contribution in [0.25, 0.3) is 23.0 Å². The number of carbonyl (C=O) groups is 1. The standard InChI is InChI=1S/C20H17ClN6O2/c1-13-24-17(19-25-20(29-26-19)15-6-4-8-22-9-15)11-27(13)12-18(28)23-10-14-5-2-3-7-16(14)21/h2-9,11H,10,12H2,1H3,(H,23,28). The van der Waals surface area contributed by atoms with Crippen molar-refractivity contribution in [1.29, 1.82) is 0 Å². The van der Waals surface area contributed by atoms with E-state index in [0.29, 0.717) is 34.8 Å². The molecular formula is C20H17ClN6O2. The van der Waals surface area contributed by atoms with Crippen LogP contribution in [0, 0.1) is 6.92 Å². The number of nitrogens with one attached hydrogen (secondary N) is 1. The third-order valence-electron chi connectivity index (χ3n) is 4.29. The third-order valence-corrected chi connectivity index (χ3v) is 4.66. The Kier molecular flexibility index (Phi) is 5.35. The Balaban J connectivity index is 1.44. The number of hydrogen-bond donors (Lipinski definition) is 1. The number of aryl methyl sites for hydroxylation is 1. The number of aromatic nitrogens is 5. The van der Waals surface area contributed by atoms with E-state index in [0.717, 1.165) is 11.1 Å². The van der Waals surface area contributed by atoms with E-state index in [1.807, 2.05) is 31.2 Å². The summed E-state index contributed by atoms with van der Waals surface area (Å²) in [5, 5.41) is 7.46. The smallest absolute Gasteiger partial charge is 0.259 e. The number of imidazole rings is 1. The summed E-state index contributed by atoms with van der Waals surface area (Å²) in [7, 11) is 0. The van der Waals surface area contributed by atoms with Crippen LogP contribution in [0.15, 0.2) is 59.5 Å². The van der Waals surface area contributed by atoms with Gasteiger partial charge < -0.3 is 14.4 Å². The van der Waals surface area contributed by atoms with Gasteiger partial charge in [0.05, 0.1) is 5.56 Å². The topological polar surface area (TPSA) is 98.7 Å². The number of amides is 1. The van der Waals surface area contributed by atoms with E-state index in [9.17, 15) is 4.79 Å². The van der Waals surface area contributed by atoms with Gasteiger partial charge in [-0.1, -0.05) is 35.0 Å². The summed E-state index contributed by atoms with van der Waals surface area (Å²) in [5.74, 6) is 1.22. The first-order valence-electron chi connectivity index (χ1n) is 8.88. The van der Waals surface area contributed by atoms with Gasteiger partial charge in [0.15, 0.2) is 0 Å². The minimum atomic E-state index is -0.152. The lowest BCUT2D eigenvalue weighted by Crippen LogP contribution is -2.27. The normalized spacial score (nSPS) is 10.8. The molecule has 3 aromatic heterocycles. The summed E-state index contributed by atoms with van der Waals surface area (Å²) in [6.07, 6.45) is 5.04. The summed E-state index contributed by atoms with van der Waals surface area (Å²) in [5.41, 5.74) is 2.11. The number of carbonyl (C=O) groups excluding carboxylic acids is 1. The zero-order chi connectivity index (χ0) is 20.2. The maximum absolute atomic E-state index is 12.3. The Morgan fingerprint density at radius 1 is 1.21 bits per heavy atom. The van der Waals surface area contributed by atoms with E-state index in [4.69, 9.17) is 16.1 Å². The molecule has 146 valence electrons. The highest BCUT2D eigenvalue weighted by Gasteiger charge is 2.16. The molecule has 0 aliphatic carbocycles. The average molecular weight is 409 g/mol. The molecule has 0 atom stereocenters. The van der Waals surface area contributed by atoms with Crippen LogP contribution in [0.5, 0.6) is 0 Å². The lowest BCUT2D eigenvalue weighted by Gasteiger charge is -2.08. The van der Waals surface area contributed by atoms with Crippen LogP contribution in [0.4, 0.5) is 0 Å². The van der Waals surface area contributed by atoms with Gasteiger partial charge in [0, 0.05) is 30.2 Å². The predicted octanol–water partition coefficient (Wildman–Crippen LogP) is 3.27. The Hall–Kier alpha value is -3.52. The number of hydrogen-bond acceptors (Lipinski definition) is 6. The number of rotatable bonds is 6. The fourth-order valence-electron chi connectivity index (χ4n) is 2.76. The van der Waals surface area contributed by atoms with Crippen LogP contribution in [-0.2, 0) is 17.9 Å². The van der Waals surface area contributed by atoms with Crippen LogP contribution in [0.3, 0.4) is 0 Å². The van der Waals surface area contributed by atoms with Crippen molar-refractivity contribution in [3.8, 4) is 23.0 Å². The molecule has 29 heavy (non-hydrogen) atoms. The Bertz CT molecular complexity index is 1140. The molecule has 4 aromatic rings. The van der Waals surface area contributed by atoms with Crippen LogP contribution in [-0.4, -0.2) is 30.6 Å². The van der Waals surface area contributed by atoms with E-state index >= 15 is 0 Å². The van der Waals surface area contributed by atoms with Crippen molar-refractivity contribution in [2.45, 2.75) is 20.0 Å². The summed E-state index contributed by atoms with van der Waals surface area (Å²) < 4.78 is 7.03. The van der Waals surface area contributed by atoms with Crippen molar-refractivity contribution >= 4 is 17.5 Å². The summed E-state index contributed by atoms with van der Waals surface area (Å²) >= 11 is 6.12. The average Bonchev–Trinajstić information content (AvgIpc) is 3.35. The fraction of sp³-hybridized carbons (Fsp3) is 0.150. The van der Waals surface area contributed by atoms with Crippen molar-refractivity contribution in [2.75, 3.05) is 0 Å². The second kappa shape index (κ2) is 8.24. The molecule has 0 unspecified atom stereocenters. The van der Waals surface area contributed by atoms with Crippen LogP contribution >= 0.6 is 11.6 Å². The van der Waals surface area contributed by atoms with Gasteiger partial charge in [0.1, 0.15) is 18.1 Å². The van der Waals surface area contributed by atoms with E-state index in [1.165, 1.54) is 0 Å². The molecule has 0 bridgehead atoms. The Morgan fingerprint density at radius 3 is 2.86 bits per heavy atom. The monoisotopic (exact) mass is 408 g/mol. The van der Waals surface area contributed by atoms with E-state index in [-0.39, 0.29) is 12.5 Å². The number of pyridine rings is 1. The third kappa shape index (κ3) is 4.33. The molecule has 0 spiro atoms. The second-order valence-electron chi connectivity index (χ2n) is 6.33. The van der Waals surface area contributed by atoms with Crippen molar-refractivity contribution < 1.29 is 9.32 Å². The van der Waals surface area contributed by atoms with Gasteiger partial charge in [-0.25, -0.2) is 4.98 Å². The lowest BCUT2D eigenvalue weighted by atomic mass is 10.2. The SMILES string of the molecule is Cc1nc(-c2noc(-c3cccnc3)n2)cn1CC(=O)NCc1ccccc1Cl. The second-order valence-corrected chi connectivity index (χ2v) is 6.74. The number of halogens is 1. The first-order chi connectivity index (χ1) is 14.1. The highest BCUT2D eigenvalue weighted by Crippen LogP contribution is 2.21. The molecule has 0 fully saturated rings. The largest absolute Gasteiger partial charge is 0.350 e. The van der Waals surface area contributed by atoms with Crippen molar-refractivity contribution in [1.82, 2.24) is 30.0 Å². The van der Waals surface area contributed by atoms with Crippen molar-refractivity contribution in [2.24, 2.45) is 0 Å². The van der Waals surface area contributed by atoms with Gasteiger partial charge >= 0.3 is 0 Å². The van der Waals surface area contributed by atoms with Crippen LogP contribution < -0.4 is 5.32 Å². The summed E-state index contributed by atoms with van der Waals surface area (Å²) in [6, 6.07) is 11.0. The minimum Gasteiger partial charge on any atom is -0.350 e. The molecule has 4 rings (SSSR count). The fourth-order valence-corrected chi connectivity index (χ4v) is 2.96. The van der Waals surface area contributed by atoms with E-state index in [1.54, 1.807) is 35.3 Å². The molecule has 0 aliphatic rings. The van der Waals surface area contributed by atoms with Gasteiger partial charge in [-0.2, -0.15) is 4.98 Å². The molecule has 0 radical (unpaired) electrons. The predicted molar refractivity (Wildman–Crippen MR) is 107 cm³/mol. The van der Waals surface area contributed by atoms with Gasteiger partial charge in [-0.3, -0.25) is 9.78 Å². The molecule has 1 N–H and O–H groups in total. The Morgan fingerprint density at radius 2 is 2.07 bits per heavy atom. The molecule has 0 saturated heterocycles. The Labute approximate surface area is 171 Å². The molecule has 1 amide bonds. The molecular weight excluding hydrogens is 392 g/mol. The molecule has 1 aromatic carbocycles. The maximum atomic E-state index is 12.3. The highest BCUT2D eigenvalue weighted by atomic mass is 35.5. The molecule has 8 nitrogen and oxygen atoms in total. The quantitative estimate of drug-likeness (QED) is 0.525. The molecule has 9 heteroatoms. The summed E-state index contributed by atoms with van der Waals surface area (Å²) in [4.78, 5) is 25.2. The van der Waals surface area contributed by atoms with Crippen LogP contribution in [0.1, 0.15) is 11.4 Å². The van der Waals surface area contributed by atoms with Crippen molar-refractivity contribution in [3.63, 3.8) is 0 Å². The first-order valence-corrected chi connectivity index (χ1v) is 9.26. The minimum absolute atomic E-state index is 0.122. The molecule has 0 saturated carbocycles. The highest BCUT2D eigenvalue weighted by molar-refractivity contribution is 6.31. The van der Waals surface area contributed by atoms with Gasteiger partial charge in [-0.05, 0) is 30.7 Å². The molecule has 0 aliphatic heterocycles. The first kappa shape index (κ1) is 18.8. The maximum Gasteiger partial charge on any atom is 0.259 e. The van der Waals surface area contributed by atoms with E-state index in [2.05, 4.69) is 25.4 Å². The lowest BCUT2D eigenvalue weighted by molar-refractivity contribution is -0.121. The zero-order valence-electron chi connectivity index (χ0n) is 15.5. The van der Waals surface area contributed by atoms with Crippen LogP contribution in [0.2, 0.25) is 5.02 Å².